The van der Waals surface area contributed by atoms with Gasteiger partial charge in [-0.1, -0.05) is 17.7 Å². The topological polar surface area (TPSA) is 72.0 Å². The van der Waals surface area contributed by atoms with E-state index in [9.17, 15) is 8.42 Å². The molecule has 0 fully saturated rings. The molecule has 0 unspecified atom stereocenters. The Morgan fingerprint density at radius 1 is 1.11 bits per heavy atom. The van der Waals surface area contributed by atoms with Crippen molar-refractivity contribution >= 4 is 10.0 Å². The van der Waals surface area contributed by atoms with Crippen molar-refractivity contribution in [1.82, 2.24) is 14.7 Å². The Balaban J connectivity index is 1.97. The van der Waals surface area contributed by atoms with Crippen LogP contribution in [0.3, 0.4) is 0 Å². The van der Waals surface area contributed by atoms with Crippen molar-refractivity contribution < 1.29 is 8.42 Å². The fraction of sp³-hybridized carbons (Fsp3) is 0.231. The predicted octanol–water partition coefficient (Wildman–Crippen LogP) is 1.31. The Labute approximate surface area is 112 Å². The van der Waals surface area contributed by atoms with Gasteiger partial charge in [0.25, 0.3) is 0 Å². The molecule has 0 aliphatic carbocycles. The van der Waals surface area contributed by atoms with E-state index < -0.39 is 10.0 Å². The summed E-state index contributed by atoms with van der Waals surface area (Å²) >= 11 is 0. The normalized spacial score (nSPS) is 11.4. The Kier molecular flexibility index (Phi) is 4.24. The second-order valence-electron chi connectivity index (χ2n) is 4.21. The van der Waals surface area contributed by atoms with Gasteiger partial charge in [0.2, 0.25) is 10.0 Å². The molecule has 0 bridgehead atoms. The first-order valence-electron chi connectivity index (χ1n) is 5.88. The lowest BCUT2D eigenvalue weighted by atomic mass is 10.2. The highest BCUT2D eigenvalue weighted by Gasteiger charge is 2.12. The number of aryl methyl sites for hydroxylation is 1. The van der Waals surface area contributed by atoms with Crippen molar-refractivity contribution in [3.05, 3.63) is 54.1 Å². The van der Waals surface area contributed by atoms with Crippen LogP contribution in [0.15, 0.2) is 47.9 Å². The quantitative estimate of drug-likeness (QED) is 0.894. The number of rotatable bonds is 5. The number of nitrogens with zero attached hydrogens (tertiary/aromatic N) is 2. The summed E-state index contributed by atoms with van der Waals surface area (Å²) in [4.78, 5) is 8.04. The minimum Gasteiger partial charge on any atom is -0.245 e. The zero-order valence-corrected chi connectivity index (χ0v) is 11.4. The van der Waals surface area contributed by atoms with E-state index >= 15 is 0 Å². The molecule has 0 aliphatic heterocycles. The van der Waals surface area contributed by atoms with E-state index in [4.69, 9.17) is 0 Å². The van der Waals surface area contributed by atoms with E-state index in [0.29, 0.717) is 13.0 Å². The van der Waals surface area contributed by atoms with Gasteiger partial charge in [-0.2, -0.15) is 0 Å². The van der Waals surface area contributed by atoms with E-state index in [1.807, 2.05) is 6.92 Å². The van der Waals surface area contributed by atoms with Crippen LogP contribution in [0.25, 0.3) is 0 Å². The Morgan fingerprint density at radius 3 is 2.37 bits per heavy atom. The van der Waals surface area contributed by atoms with Crippen molar-refractivity contribution in [1.29, 1.82) is 0 Å². The van der Waals surface area contributed by atoms with Crippen LogP contribution in [0.5, 0.6) is 0 Å². The lowest BCUT2D eigenvalue weighted by Gasteiger charge is -2.06. The molecule has 0 radical (unpaired) electrons. The SMILES string of the molecule is Cc1ccc(S(=O)(=O)NCCc2cncnc2)cc1. The summed E-state index contributed by atoms with van der Waals surface area (Å²) in [6.45, 7) is 2.24. The van der Waals surface area contributed by atoms with Crippen LogP contribution in [0.4, 0.5) is 0 Å². The summed E-state index contributed by atoms with van der Waals surface area (Å²) in [6, 6.07) is 6.76. The molecule has 0 aliphatic rings. The molecule has 1 aromatic heterocycles. The van der Waals surface area contributed by atoms with Gasteiger partial charge in [-0.15, -0.1) is 0 Å². The molecule has 0 amide bonds. The van der Waals surface area contributed by atoms with Gasteiger partial charge in [-0.25, -0.2) is 23.1 Å². The third-order valence-corrected chi connectivity index (χ3v) is 4.13. The van der Waals surface area contributed by atoms with Gasteiger partial charge in [0.15, 0.2) is 0 Å². The van der Waals surface area contributed by atoms with Crippen LogP contribution in [0.2, 0.25) is 0 Å². The van der Waals surface area contributed by atoms with Crippen LogP contribution in [0.1, 0.15) is 11.1 Å². The van der Waals surface area contributed by atoms with E-state index in [1.165, 1.54) is 6.33 Å². The minimum absolute atomic E-state index is 0.280. The number of hydrogen-bond acceptors (Lipinski definition) is 4. The fourth-order valence-electron chi connectivity index (χ4n) is 1.59. The molecular formula is C13H15N3O2S. The van der Waals surface area contributed by atoms with Gasteiger partial charge in [-0.3, -0.25) is 0 Å². The van der Waals surface area contributed by atoms with Crippen molar-refractivity contribution in [3.63, 3.8) is 0 Å². The van der Waals surface area contributed by atoms with E-state index in [-0.39, 0.29) is 4.90 Å². The Bertz CT molecular complexity index is 625. The number of aromatic nitrogens is 2. The molecule has 2 rings (SSSR count). The monoisotopic (exact) mass is 277 g/mol. The second kappa shape index (κ2) is 5.90. The molecule has 100 valence electrons. The summed E-state index contributed by atoms with van der Waals surface area (Å²) in [7, 11) is -3.44. The summed E-state index contributed by atoms with van der Waals surface area (Å²) in [5.74, 6) is 0. The highest BCUT2D eigenvalue weighted by molar-refractivity contribution is 7.89. The maximum absolute atomic E-state index is 12.0. The van der Waals surface area contributed by atoms with Crippen molar-refractivity contribution in [2.24, 2.45) is 0 Å². The molecule has 0 saturated carbocycles. The summed E-state index contributed by atoms with van der Waals surface area (Å²) in [6.07, 6.45) is 5.35. The Hall–Kier alpha value is -1.79. The third-order valence-electron chi connectivity index (χ3n) is 2.65. The number of hydrogen-bond donors (Lipinski definition) is 1. The van der Waals surface area contributed by atoms with Gasteiger partial charge in [0, 0.05) is 18.9 Å². The van der Waals surface area contributed by atoms with E-state index in [1.54, 1.807) is 36.7 Å². The number of sulfonamides is 1. The van der Waals surface area contributed by atoms with E-state index in [0.717, 1.165) is 11.1 Å². The summed E-state index contributed by atoms with van der Waals surface area (Å²) < 4.78 is 26.5. The molecule has 0 saturated heterocycles. The first kappa shape index (κ1) is 13.6. The minimum atomic E-state index is -3.44. The smallest absolute Gasteiger partial charge is 0.240 e. The molecule has 5 nitrogen and oxygen atoms in total. The third kappa shape index (κ3) is 3.84. The molecule has 1 N–H and O–H groups in total. The lowest BCUT2D eigenvalue weighted by molar-refractivity contribution is 0.581. The van der Waals surface area contributed by atoms with Crippen LogP contribution in [-0.2, 0) is 16.4 Å². The molecular weight excluding hydrogens is 262 g/mol. The summed E-state index contributed by atoms with van der Waals surface area (Å²) in [5.41, 5.74) is 1.93. The molecule has 6 heteroatoms. The predicted molar refractivity (Wildman–Crippen MR) is 72.1 cm³/mol. The van der Waals surface area contributed by atoms with Crippen molar-refractivity contribution in [3.8, 4) is 0 Å². The molecule has 0 atom stereocenters. The van der Waals surface area contributed by atoms with Crippen LogP contribution in [0, 0.1) is 6.92 Å². The van der Waals surface area contributed by atoms with Gasteiger partial charge >= 0.3 is 0 Å². The van der Waals surface area contributed by atoms with Gasteiger partial charge < -0.3 is 0 Å². The van der Waals surface area contributed by atoms with Crippen LogP contribution >= 0.6 is 0 Å². The second-order valence-corrected chi connectivity index (χ2v) is 5.97. The molecule has 2 aromatic rings. The molecule has 1 heterocycles. The maximum atomic E-state index is 12.0. The first-order chi connectivity index (χ1) is 9.08. The largest absolute Gasteiger partial charge is 0.245 e. The van der Waals surface area contributed by atoms with Gasteiger partial charge in [-0.05, 0) is 31.0 Å². The zero-order chi connectivity index (χ0) is 13.7. The number of benzene rings is 1. The maximum Gasteiger partial charge on any atom is 0.240 e. The molecule has 19 heavy (non-hydrogen) atoms. The highest BCUT2D eigenvalue weighted by Crippen LogP contribution is 2.09. The van der Waals surface area contributed by atoms with Gasteiger partial charge in [0.05, 0.1) is 4.90 Å². The van der Waals surface area contributed by atoms with Crippen molar-refractivity contribution in [2.75, 3.05) is 6.54 Å². The van der Waals surface area contributed by atoms with Crippen LogP contribution < -0.4 is 4.72 Å². The fourth-order valence-corrected chi connectivity index (χ4v) is 2.62. The molecule has 1 aromatic carbocycles. The Morgan fingerprint density at radius 2 is 1.74 bits per heavy atom. The lowest BCUT2D eigenvalue weighted by Crippen LogP contribution is -2.26. The van der Waals surface area contributed by atoms with E-state index in [2.05, 4.69) is 14.7 Å². The first-order valence-corrected chi connectivity index (χ1v) is 7.36. The highest BCUT2D eigenvalue weighted by atomic mass is 32.2. The van der Waals surface area contributed by atoms with Crippen LogP contribution in [-0.4, -0.2) is 24.9 Å². The summed E-state index contributed by atoms with van der Waals surface area (Å²) in [5, 5.41) is 0. The number of nitrogens with one attached hydrogen (secondary N) is 1. The molecule has 0 spiro atoms. The standard InChI is InChI=1S/C13H15N3O2S/c1-11-2-4-13(5-3-11)19(17,18)16-7-6-12-8-14-10-15-9-12/h2-5,8-10,16H,6-7H2,1H3. The van der Waals surface area contributed by atoms with Gasteiger partial charge in [0.1, 0.15) is 6.33 Å². The van der Waals surface area contributed by atoms with Crippen molar-refractivity contribution in [2.45, 2.75) is 18.2 Å². The zero-order valence-electron chi connectivity index (χ0n) is 10.6. The average Bonchev–Trinajstić information content (AvgIpc) is 2.40. The average molecular weight is 277 g/mol.